The van der Waals surface area contributed by atoms with Gasteiger partial charge in [0.15, 0.2) is 0 Å². The number of aliphatic carboxylic acids is 1. The topological polar surface area (TPSA) is 102 Å². The van der Waals surface area contributed by atoms with Gasteiger partial charge in [0.1, 0.15) is 0 Å². The van der Waals surface area contributed by atoms with Crippen LogP contribution in [0.1, 0.15) is 76.3 Å². The van der Waals surface area contributed by atoms with Crippen LogP contribution in [0.25, 0.3) is 0 Å². The quantitative estimate of drug-likeness (QED) is 0.382. The average molecular weight is 440 g/mol. The Morgan fingerprint density at radius 1 is 1.10 bits per heavy atom. The molecule has 0 saturated heterocycles. The Labute approximate surface area is 182 Å². The minimum Gasteiger partial charge on any atom is -0.481 e. The SMILES string of the molecule is CCCC(OC(=O)NC(CCC(=O)O)c1ccc(Cl)cc1)OC(=O)C1CCCCC1. The van der Waals surface area contributed by atoms with Crippen LogP contribution in [0, 0.1) is 5.92 Å². The molecule has 2 N–H and O–H groups in total. The number of halogens is 1. The van der Waals surface area contributed by atoms with E-state index >= 15 is 0 Å². The first kappa shape index (κ1) is 24.0. The molecule has 1 aliphatic rings. The van der Waals surface area contributed by atoms with E-state index in [9.17, 15) is 14.4 Å². The third kappa shape index (κ3) is 8.22. The van der Waals surface area contributed by atoms with E-state index in [1.807, 2.05) is 6.92 Å². The molecule has 8 heteroatoms. The fraction of sp³-hybridized carbons (Fsp3) is 0.591. The minimum atomic E-state index is -0.964. The second-order valence-corrected chi connectivity index (χ2v) is 8.01. The number of amides is 1. The number of carboxylic acids is 1. The average Bonchev–Trinajstić information content (AvgIpc) is 2.72. The van der Waals surface area contributed by atoms with Crippen molar-refractivity contribution in [1.82, 2.24) is 5.32 Å². The fourth-order valence-corrected chi connectivity index (χ4v) is 3.65. The van der Waals surface area contributed by atoms with Crippen LogP contribution in [0.3, 0.4) is 0 Å². The van der Waals surface area contributed by atoms with Crippen molar-refractivity contribution in [2.45, 2.75) is 77.0 Å². The lowest BCUT2D eigenvalue weighted by Crippen LogP contribution is -2.35. The van der Waals surface area contributed by atoms with Crippen molar-refractivity contribution in [3.05, 3.63) is 34.9 Å². The summed E-state index contributed by atoms with van der Waals surface area (Å²) in [6, 6.07) is 6.22. The standard InChI is InChI=1S/C22H30ClNO6/c1-2-6-20(29-21(27)16-7-4-3-5-8-16)30-22(28)24-18(13-14-19(25)26)15-9-11-17(23)12-10-15/h9-12,16,18,20H,2-8,13-14H2,1H3,(H,24,28)(H,25,26). The van der Waals surface area contributed by atoms with Crippen molar-refractivity contribution >= 4 is 29.6 Å². The maximum Gasteiger partial charge on any atom is 0.410 e. The molecule has 0 aromatic heterocycles. The second kappa shape index (κ2) is 12.4. The van der Waals surface area contributed by atoms with E-state index in [1.54, 1.807) is 24.3 Å². The molecule has 1 fully saturated rings. The molecule has 1 aromatic carbocycles. The summed E-state index contributed by atoms with van der Waals surface area (Å²) in [4.78, 5) is 35.9. The molecule has 0 bridgehead atoms. The van der Waals surface area contributed by atoms with Gasteiger partial charge in [-0.2, -0.15) is 0 Å². The number of hydrogen-bond acceptors (Lipinski definition) is 5. The molecule has 2 rings (SSSR count). The van der Waals surface area contributed by atoms with Gasteiger partial charge in [0.25, 0.3) is 0 Å². The van der Waals surface area contributed by atoms with Gasteiger partial charge >= 0.3 is 18.0 Å². The van der Waals surface area contributed by atoms with Gasteiger partial charge in [-0.1, -0.05) is 49.9 Å². The molecule has 2 unspecified atom stereocenters. The lowest BCUT2D eigenvalue weighted by atomic mass is 9.89. The normalized spacial score (nSPS) is 16.3. The Morgan fingerprint density at radius 2 is 1.77 bits per heavy atom. The number of alkyl carbamates (subject to hydrolysis) is 1. The Morgan fingerprint density at radius 3 is 2.37 bits per heavy atom. The van der Waals surface area contributed by atoms with Gasteiger partial charge in [-0.15, -0.1) is 0 Å². The largest absolute Gasteiger partial charge is 0.481 e. The second-order valence-electron chi connectivity index (χ2n) is 7.58. The molecule has 30 heavy (non-hydrogen) atoms. The van der Waals surface area contributed by atoms with Gasteiger partial charge in [0, 0.05) is 17.9 Å². The highest BCUT2D eigenvalue weighted by Crippen LogP contribution is 2.26. The number of nitrogens with one attached hydrogen (secondary N) is 1. The molecule has 1 aliphatic carbocycles. The fourth-order valence-electron chi connectivity index (χ4n) is 3.52. The van der Waals surface area contributed by atoms with Crippen LogP contribution in [0.5, 0.6) is 0 Å². The Balaban J connectivity index is 1.97. The van der Waals surface area contributed by atoms with Crippen LogP contribution >= 0.6 is 11.6 Å². The number of ether oxygens (including phenoxy) is 2. The number of rotatable bonds is 10. The third-order valence-electron chi connectivity index (χ3n) is 5.16. The summed E-state index contributed by atoms with van der Waals surface area (Å²) in [6.45, 7) is 1.91. The van der Waals surface area contributed by atoms with E-state index in [2.05, 4.69) is 5.32 Å². The van der Waals surface area contributed by atoms with Gasteiger partial charge in [0.05, 0.1) is 12.0 Å². The maximum absolute atomic E-state index is 12.5. The van der Waals surface area contributed by atoms with Gasteiger partial charge in [-0.3, -0.25) is 9.59 Å². The van der Waals surface area contributed by atoms with Crippen LogP contribution in [0.4, 0.5) is 4.79 Å². The lowest BCUT2D eigenvalue weighted by Gasteiger charge is -2.25. The Hall–Kier alpha value is -2.28. The summed E-state index contributed by atoms with van der Waals surface area (Å²) in [7, 11) is 0. The maximum atomic E-state index is 12.5. The van der Waals surface area contributed by atoms with E-state index in [0.717, 1.165) is 32.1 Å². The summed E-state index contributed by atoms with van der Waals surface area (Å²) < 4.78 is 10.8. The highest BCUT2D eigenvalue weighted by atomic mass is 35.5. The summed E-state index contributed by atoms with van der Waals surface area (Å²) >= 11 is 5.91. The predicted octanol–water partition coefficient (Wildman–Crippen LogP) is 5.22. The highest BCUT2D eigenvalue weighted by molar-refractivity contribution is 6.30. The zero-order chi connectivity index (χ0) is 21.9. The van der Waals surface area contributed by atoms with Gasteiger partial charge in [-0.25, -0.2) is 4.79 Å². The minimum absolute atomic E-state index is 0.122. The molecule has 0 spiro atoms. The molecule has 7 nitrogen and oxygen atoms in total. The van der Waals surface area contributed by atoms with E-state index in [1.165, 1.54) is 0 Å². The van der Waals surface area contributed by atoms with E-state index < -0.39 is 24.4 Å². The number of carbonyl (C=O) groups is 3. The monoisotopic (exact) mass is 439 g/mol. The Kier molecular flexibility index (Phi) is 9.94. The van der Waals surface area contributed by atoms with Crippen LogP contribution in [0.15, 0.2) is 24.3 Å². The molecule has 0 radical (unpaired) electrons. The zero-order valence-electron chi connectivity index (χ0n) is 17.3. The molecule has 1 amide bonds. The molecule has 0 heterocycles. The molecule has 0 aliphatic heterocycles. The van der Waals surface area contributed by atoms with Crippen LogP contribution in [-0.2, 0) is 19.1 Å². The van der Waals surface area contributed by atoms with Crippen molar-refractivity contribution in [3.8, 4) is 0 Å². The van der Waals surface area contributed by atoms with Crippen LogP contribution in [0.2, 0.25) is 5.02 Å². The number of carbonyl (C=O) groups excluding carboxylic acids is 2. The summed E-state index contributed by atoms with van der Waals surface area (Å²) in [5, 5.41) is 12.2. The van der Waals surface area contributed by atoms with Crippen molar-refractivity contribution in [1.29, 1.82) is 0 Å². The van der Waals surface area contributed by atoms with E-state index in [4.69, 9.17) is 26.2 Å². The number of benzene rings is 1. The highest BCUT2D eigenvalue weighted by Gasteiger charge is 2.27. The first-order valence-corrected chi connectivity index (χ1v) is 10.9. The Bertz CT molecular complexity index is 702. The summed E-state index contributed by atoms with van der Waals surface area (Å²) in [5.74, 6) is -1.42. The zero-order valence-corrected chi connectivity index (χ0v) is 18.0. The number of esters is 1. The molecular formula is C22H30ClNO6. The smallest absolute Gasteiger partial charge is 0.410 e. The first-order valence-electron chi connectivity index (χ1n) is 10.5. The van der Waals surface area contributed by atoms with Crippen LogP contribution in [-0.4, -0.2) is 29.4 Å². The molecule has 1 saturated carbocycles. The van der Waals surface area contributed by atoms with Crippen molar-refractivity contribution in [2.24, 2.45) is 5.92 Å². The first-order chi connectivity index (χ1) is 14.4. The number of hydrogen-bond donors (Lipinski definition) is 2. The van der Waals surface area contributed by atoms with Gasteiger partial charge in [0.2, 0.25) is 6.29 Å². The predicted molar refractivity (Wildman–Crippen MR) is 112 cm³/mol. The third-order valence-corrected chi connectivity index (χ3v) is 5.41. The van der Waals surface area contributed by atoms with Crippen molar-refractivity contribution in [3.63, 3.8) is 0 Å². The van der Waals surface area contributed by atoms with Crippen molar-refractivity contribution < 1.29 is 29.0 Å². The molecule has 2 atom stereocenters. The van der Waals surface area contributed by atoms with Gasteiger partial charge in [-0.05, 0) is 43.4 Å². The summed E-state index contributed by atoms with van der Waals surface area (Å²) in [6.07, 6.45) is 4.17. The molecule has 166 valence electrons. The van der Waals surface area contributed by atoms with E-state index in [0.29, 0.717) is 23.4 Å². The van der Waals surface area contributed by atoms with Crippen LogP contribution < -0.4 is 5.32 Å². The molecule has 1 aromatic rings. The summed E-state index contributed by atoms with van der Waals surface area (Å²) in [5.41, 5.74) is 0.712. The van der Waals surface area contributed by atoms with Crippen molar-refractivity contribution in [2.75, 3.05) is 0 Å². The molecular weight excluding hydrogens is 410 g/mol. The number of carboxylic acid groups (broad SMARTS) is 1. The van der Waals surface area contributed by atoms with E-state index in [-0.39, 0.29) is 24.7 Å². The van der Waals surface area contributed by atoms with Gasteiger partial charge < -0.3 is 19.9 Å². The lowest BCUT2D eigenvalue weighted by molar-refractivity contribution is -0.175.